The number of unbranched alkanes of at least 4 members (excludes halogenated alkanes) is 1. The number of rotatable bonds is 8. The van der Waals surface area contributed by atoms with Crippen molar-refractivity contribution in [3.8, 4) is 0 Å². The summed E-state index contributed by atoms with van der Waals surface area (Å²) in [4.78, 5) is 0. The second-order valence-electron chi connectivity index (χ2n) is 4.14. The van der Waals surface area contributed by atoms with Crippen LogP contribution >= 0.6 is 11.6 Å². The Morgan fingerprint density at radius 2 is 1.92 bits per heavy atom. The summed E-state index contributed by atoms with van der Waals surface area (Å²) >= 11 is 5.97. The molecule has 1 atom stereocenters. The summed E-state index contributed by atoms with van der Waals surface area (Å²) in [6.45, 7) is 5.39. The van der Waals surface area contributed by atoms with Crippen LogP contribution in [-0.4, -0.2) is 19.6 Å². The fraction of sp³-hybridized carbons (Fsp3) is 1.00. The van der Waals surface area contributed by atoms with Crippen molar-refractivity contribution in [2.75, 3.05) is 19.6 Å². The van der Waals surface area contributed by atoms with E-state index in [0.717, 1.165) is 18.9 Å². The first-order valence-electron chi connectivity index (χ1n) is 5.23. The summed E-state index contributed by atoms with van der Waals surface area (Å²) in [5.41, 5.74) is 0.351. The molecule has 13 heavy (non-hydrogen) atoms. The molecule has 80 valence electrons. The number of hydrogen-bond donors (Lipinski definition) is 0. The average molecular weight is 207 g/mol. The zero-order chi connectivity index (χ0) is 10.2. The molecule has 0 N–H and O–H groups in total. The van der Waals surface area contributed by atoms with Gasteiger partial charge in [-0.15, -0.1) is 11.6 Å². The van der Waals surface area contributed by atoms with Crippen LogP contribution in [-0.2, 0) is 4.74 Å². The summed E-state index contributed by atoms with van der Waals surface area (Å²) in [7, 11) is 1.76. The SMILES string of the molecule is CCCC(C)(CCl)CCCCOC. The molecule has 0 rings (SSSR count). The average Bonchev–Trinajstić information content (AvgIpc) is 2.13. The standard InChI is InChI=1S/C11H23ClO/c1-4-7-11(2,10-12)8-5-6-9-13-3/h4-10H2,1-3H3. The smallest absolute Gasteiger partial charge is 0.0462 e. The minimum Gasteiger partial charge on any atom is -0.385 e. The molecule has 0 radical (unpaired) electrons. The van der Waals surface area contributed by atoms with Crippen molar-refractivity contribution >= 4 is 11.6 Å². The molecule has 0 aromatic rings. The molecule has 0 amide bonds. The minimum atomic E-state index is 0.351. The summed E-state index contributed by atoms with van der Waals surface area (Å²) in [5, 5.41) is 0. The molecule has 0 saturated carbocycles. The highest BCUT2D eigenvalue weighted by molar-refractivity contribution is 6.18. The Kier molecular flexibility index (Phi) is 7.78. The summed E-state index contributed by atoms with van der Waals surface area (Å²) in [5.74, 6) is 0.786. The molecule has 0 bridgehead atoms. The molecular weight excluding hydrogens is 184 g/mol. The maximum Gasteiger partial charge on any atom is 0.0462 e. The van der Waals surface area contributed by atoms with Crippen molar-refractivity contribution in [1.82, 2.24) is 0 Å². The van der Waals surface area contributed by atoms with E-state index < -0.39 is 0 Å². The highest BCUT2D eigenvalue weighted by atomic mass is 35.5. The van der Waals surface area contributed by atoms with Gasteiger partial charge in [0.2, 0.25) is 0 Å². The summed E-state index contributed by atoms with van der Waals surface area (Å²) in [6, 6.07) is 0. The van der Waals surface area contributed by atoms with Crippen molar-refractivity contribution in [3.63, 3.8) is 0 Å². The first-order chi connectivity index (χ1) is 6.18. The lowest BCUT2D eigenvalue weighted by Crippen LogP contribution is -2.18. The van der Waals surface area contributed by atoms with Gasteiger partial charge in [-0.25, -0.2) is 0 Å². The molecule has 0 fully saturated rings. The molecule has 1 unspecified atom stereocenters. The van der Waals surface area contributed by atoms with Gasteiger partial charge < -0.3 is 4.74 Å². The van der Waals surface area contributed by atoms with Crippen LogP contribution in [0.15, 0.2) is 0 Å². The van der Waals surface area contributed by atoms with E-state index in [-0.39, 0.29) is 0 Å². The van der Waals surface area contributed by atoms with Gasteiger partial charge in [0.25, 0.3) is 0 Å². The number of alkyl halides is 1. The predicted octanol–water partition coefficient (Wildman–Crippen LogP) is 3.85. The monoisotopic (exact) mass is 206 g/mol. The van der Waals surface area contributed by atoms with E-state index in [4.69, 9.17) is 16.3 Å². The topological polar surface area (TPSA) is 9.23 Å². The normalized spacial score (nSPS) is 15.7. The van der Waals surface area contributed by atoms with E-state index in [2.05, 4.69) is 13.8 Å². The summed E-state index contributed by atoms with van der Waals surface area (Å²) in [6.07, 6.45) is 6.09. The first-order valence-corrected chi connectivity index (χ1v) is 5.77. The molecule has 0 aliphatic heterocycles. The van der Waals surface area contributed by atoms with Crippen LogP contribution in [0.1, 0.15) is 46.0 Å². The van der Waals surface area contributed by atoms with Crippen LogP contribution in [0.2, 0.25) is 0 Å². The third-order valence-electron chi connectivity index (χ3n) is 2.55. The van der Waals surface area contributed by atoms with Gasteiger partial charge in [-0.1, -0.05) is 26.7 Å². The second kappa shape index (κ2) is 7.64. The molecular formula is C11H23ClO. The fourth-order valence-corrected chi connectivity index (χ4v) is 1.93. The van der Waals surface area contributed by atoms with Gasteiger partial charge in [0, 0.05) is 19.6 Å². The van der Waals surface area contributed by atoms with E-state index in [9.17, 15) is 0 Å². The zero-order valence-electron chi connectivity index (χ0n) is 9.24. The van der Waals surface area contributed by atoms with Gasteiger partial charge >= 0.3 is 0 Å². The zero-order valence-corrected chi connectivity index (χ0v) is 9.99. The Morgan fingerprint density at radius 3 is 2.38 bits per heavy atom. The van der Waals surface area contributed by atoms with E-state index in [1.807, 2.05) is 0 Å². The maximum absolute atomic E-state index is 5.97. The lowest BCUT2D eigenvalue weighted by atomic mass is 9.83. The molecule has 0 aromatic heterocycles. The quantitative estimate of drug-likeness (QED) is 0.433. The van der Waals surface area contributed by atoms with Gasteiger partial charge in [0.05, 0.1) is 0 Å². The van der Waals surface area contributed by atoms with Gasteiger partial charge in [-0.2, -0.15) is 0 Å². The van der Waals surface area contributed by atoms with Crippen molar-refractivity contribution < 1.29 is 4.74 Å². The van der Waals surface area contributed by atoms with Crippen molar-refractivity contribution in [1.29, 1.82) is 0 Å². The van der Waals surface area contributed by atoms with E-state index in [1.54, 1.807) is 7.11 Å². The largest absolute Gasteiger partial charge is 0.385 e. The van der Waals surface area contributed by atoms with Crippen LogP contribution in [0.5, 0.6) is 0 Å². The molecule has 0 heterocycles. The van der Waals surface area contributed by atoms with Gasteiger partial charge in [-0.3, -0.25) is 0 Å². The van der Waals surface area contributed by atoms with Crippen molar-refractivity contribution in [3.05, 3.63) is 0 Å². The number of halogens is 1. The first kappa shape index (κ1) is 13.2. The van der Waals surface area contributed by atoms with Crippen molar-refractivity contribution in [2.45, 2.75) is 46.0 Å². The third kappa shape index (κ3) is 6.34. The Balaban J connectivity index is 3.57. The van der Waals surface area contributed by atoms with Crippen LogP contribution in [0.4, 0.5) is 0 Å². The van der Waals surface area contributed by atoms with Crippen molar-refractivity contribution in [2.24, 2.45) is 5.41 Å². The van der Waals surface area contributed by atoms with Crippen LogP contribution < -0.4 is 0 Å². The number of ether oxygens (including phenoxy) is 1. The van der Waals surface area contributed by atoms with E-state index >= 15 is 0 Å². The lowest BCUT2D eigenvalue weighted by Gasteiger charge is -2.26. The molecule has 0 spiro atoms. The Morgan fingerprint density at radius 1 is 1.23 bits per heavy atom. The highest BCUT2D eigenvalue weighted by Gasteiger charge is 2.20. The highest BCUT2D eigenvalue weighted by Crippen LogP contribution is 2.30. The molecule has 0 saturated heterocycles. The maximum atomic E-state index is 5.97. The minimum absolute atomic E-state index is 0.351. The summed E-state index contributed by atoms with van der Waals surface area (Å²) < 4.78 is 5.02. The lowest BCUT2D eigenvalue weighted by molar-refractivity contribution is 0.184. The molecule has 0 aliphatic rings. The van der Waals surface area contributed by atoms with Crippen LogP contribution in [0.25, 0.3) is 0 Å². The van der Waals surface area contributed by atoms with E-state index in [1.165, 1.54) is 25.7 Å². The Hall–Kier alpha value is 0.250. The molecule has 0 aliphatic carbocycles. The van der Waals surface area contributed by atoms with Gasteiger partial charge in [-0.05, 0) is 24.7 Å². The van der Waals surface area contributed by atoms with Crippen LogP contribution in [0, 0.1) is 5.41 Å². The van der Waals surface area contributed by atoms with Crippen LogP contribution in [0.3, 0.4) is 0 Å². The Labute approximate surface area is 87.8 Å². The third-order valence-corrected chi connectivity index (χ3v) is 3.20. The Bertz CT molecular complexity index is 117. The number of hydrogen-bond acceptors (Lipinski definition) is 1. The van der Waals surface area contributed by atoms with E-state index in [0.29, 0.717) is 5.41 Å². The molecule has 0 aromatic carbocycles. The molecule has 1 nitrogen and oxygen atoms in total. The van der Waals surface area contributed by atoms with Gasteiger partial charge in [0.15, 0.2) is 0 Å². The second-order valence-corrected chi connectivity index (χ2v) is 4.41. The predicted molar refractivity (Wildman–Crippen MR) is 59.5 cm³/mol. The fourth-order valence-electron chi connectivity index (χ4n) is 1.66. The van der Waals surface area contributed by atoms with Gasteiger partial charge in [0.1, 0.15) is 0 Å². The molecule has 2 heteroatoms. The number of methoxy groups -OCH3 is 1.